The predicted octanol–water partition coefficient (Wildman–Crippen LogP) is 3.05. The molecule has 0 fully saturated rings. The molecule has 0 saturated carbocycles. The SMILES string of the molecule is C=Nc1cc(C(F)(F)F)ccc1OC. The molecule has 0 spiro atoms. The number of benzene rings is 1. The van der Waals surface area contributed by atoms with Crippen LogP contribution in [0.2, 0.25) is 0 Å². The number of methoxy groups -OCH3 is 1. The van der Waals surface area contributed by atoms with E-state index in [0.29, 0.717) is 0 Å². The summed E-state index contributed by atoms with van der Waals surface area (Å²) in [6.07, 6.45) is -4.37. The van der Waals surface area contributed by atoms with Crippen LogP contribution in [0.3, 0.4) is 0 Å². The lowest BCUT2D eigenvalue weighted by Gasteiger charge is -2.09. The fourth-order valence-corrected chi connectivity index (χ4v) is 0.990. The average Bonchev–Trinajstić information content (AvgIpc) is 2.15. The topological polar surface area (TPSA) is 21.6 Å². The Balaban J connectivity index is 3.21. The smallest absolute Gasteiger partial charge is 0.416 e. The van der Waals surface area contributed by atoms with Gasteiger partial charge in [0.25, 0.3) is 0 Å². The molecule has 0 unspecified atom stereocenters. The first kappa shape index (κ1) is 10.6. The van der Waals surface area contributed by atoms with Crippen molar-refractivity contribution >= 4 is 12.4 Å². The molecule has 1 rings (SSSR count). The van der Waals surface area contributed by atoms with E-state index in [0.717, 1.165) is 12.1 Å². The summed E-state index contributed by atoms with van der Waals surface area (Å²) in [5, 5.41) is 0. The zero-order chi connectivity index (χ0) is 10.8. The van der Waals surface area contributed by atoms with Gasteiger partial charge < -0.3 is 4.74 Å². The molecular formula is C9H8F3NO. The molecule has 1 aromatic carbocycles. The van der Waals surface area contributed by atoms with Gasteiger partial charge in [-0.3, -0.25) is 4.99 Å². The van der Waals surface area contributed by atoms with E-state index in [1.807, 2.05) is 0 Å². The van der Waals surface area contributed by atoms with Gasteiger partial charge in [0.2, 0.25) is 0 Å². The van der Waals surface area contributed by atoms with Crippen molar-refractivity contribution in [3.63, 3.8) is 0 Å². The van der Waals surface area contributed by atoms with Gasteiger partial charge in [0.1, 0.15) is 11.4 Å². The molecule has 2 nitrogen and oxygen atoms in total. The molecule has 0 saturated heterocycles. The molecule has 76 valence electrons. The number of ether oxygens (including phenoxy) is 1. The minimum atomic E-state index is -4.37. The Morgan fingerprint density at radius 2 is 2.00 bits per heavy atom. The van der Waals surface area contributed by atoms with Crippen LogP contribution < -0.4 is 4.74 Å². The summed E-state index contributed by atoms with van der Waals surface area (Å²) < 4.78 is 41.5. The minimum absolute atomic E-state index is 0.0855. The molecule has 5 heteroatoms. The molecule has 0 aliphatic rings. The predicted molar refractivity (Wildman–Crippen MR) is 47.2 cm³/mol. The highest BCUT2D eigenvalue weighted by atomic mass is 19.4. The molecular weight excluding hydrogens is 195 g/mol. The molecule has 0 amide bonds. The standard InChI is InChI=1S/C9H8F3NO/c1-13-7-5-6(9(10,11)12)3-4-8(7)14-2/h3-5H,1H2,2H3. The maximum Gasteiger partial charge on any atom is 0.416 e. The van der Waals surface area contributed by atoms with Gasteiger partial charge in [0, 0.05) is 0 Å². The van der Waals surface area contributed by atoms with Crippen molar-refractivity contribution in [3.8, 4) is 5.75 Å². The van der Waals surface area contributed by atoms with E-state index in [1.54, 1.807) is 0 Å². The van der Waals surface area contributed by atoms with Crippen molar-refractivity contribution in [2.45, 2.75) is 6.18 Å². The third-order valence-electron chi connectivity index (χ3n) is 1.68. The Hall–Kier alpha value is -1.52. The van der Waals surface area contributed by atoms with Crippen LogP contribution in [0.5, 0.6) is 5.75 Å². The number of halogens is 3. The number of nitrogens with zero attached hydrogens (tertiary/aromatic N) is 1. The largest absolute Gasteiger partial charge is 0.494 e. The summed E-state index contributed by atoms with van der Waals surface area (Å²) in [6.45, 7) is 3.17. The van der Waals surface area contributed by atoms with Crippen LogP contribution in [0.1, 0.15) is 5.56 Å². The summed E-state index contributed by atoms with van der Waals surface area (Å²) in [5.74, 6) is 0.271. The Bertz CT molecular complexity index is 346. The fourth-order valence-electron chi connectivity index (χ4n) is 0.990. The Labute approximate surface area is 79.0 Å². The molecule has 0 N–H and O–H groups in total. The van der Waals surface area contributed by atoms with E-state index in [4.69, 9.17) is 4.74 Å². The van der Waals surface area contributed by atoms with E-state index in [9.17, 15) is 13.2 Å². The third kappa shape index (κ3) is 2.04. The van der Waals surface area contributed by atoms with Crippen molar-refractivity contribution in [1.29, 1.82) is 0 Å². The van der Waals surface area contributed by atoms with E-state index in [-0.39, 0.29) is 11.4 Å². The van der Waals surface area contributed by atoms with Gasteiger partial charge in [-0.1, -0.05) is 0 Å². The van der Waals surface area contributed by atoms with Crippen LogP contribution >= 0.6 is 0 Å². The van der Waals surface area contributed by atoms with Crippen molar-refractivity contribution in [3.05, 3.63) is 23.8 Å². The van der Waals surface area contributed by atoms with Crippen LogP contribution in [-0.4, -0.2) is 13.8 Å². The van der Waals surface area contributed by atoms with Gasteiger partial charge in [-0.05, 0) is 24.9 Å². The zero-order valence-corrected chi connectivity index (χ0v) is 7.43. The van der Waals surface area contributed by atoms with Crippen LogP contribution in [0.15, 0.2) is 23.2 Å². The summed E-state index contributed by atoms with van der Waals surface area (Å²) in [4.78, 5) is 3.44. The van der Waals surface area contributed by atoms with Crippen molar-refractivity contribution in [2.24, 2.45) is 4.99 Å². The zero-order valence-electron chi connectivity index (χ0n) is 7.43. The van der Waals surface area contributed by atoms with Gasteiger partial charge in [-0.2, -0.15) is 13.2 Å². The second-order valence-corrected chi connectivity index (χ2v) is 2.54. The van der Waals surface area contributed by atoms with Gasteiger partial charge in [0.05, 0.1) is 12.7 Å². The highest BCUT2D eigenvalue weighted by molar-refractivity contribution is 5.57. The van der Waals surface area contributed by atoms with Crippen molar-refractivity contribution in [2.75, 3.05) is 7.11 Å². The fraction of sp³-hybridized carbons (Fsp3) is 0.222. The van der Waals surface area contributed by atoms with E-state index < -0.39 is 11.7 Å². The lowest BCUT2D eigenvalue weighted by Crippen LogP contribution is -2.04. The average molecular weight is 203 g/mol. The maximum atomic E-state index is 12.2. The molecule has 0 aliphatic carbocycles. The molecule has 0 bridgehead atoms. The molecule has 0 atom stereocenters. The first-order valence-corrected chi connectivity index (χ1v) is 3.71. The number of hydrogen-bond acceptors (Lipinski definition) is 2. The second kappa shape index (κ2) is 3.69. The first-order chi connectivity index (χ1) is 6.49. The molecule has 14 heavy (non-hydrogen) atoms. The lowest BCUT2D eigenvalue weighted by atomic mass is 10.2. The second-order valence-electron chi connectivity index (χ2n) is 2.54. The Kier molecular flexibility index (Phi) is 2.78. The minimum Gasteiger partial charge on any atom is -0.494 e. The monoisotopic (exact) mass is 203 g/mol. The highest BCUT2D eigenvalue weighted by Crippen LogP contribution is 2.35. The molecule has 1 aromatic rings. The van der Waals surface area contributed by atoms with Gasteiger partial charge in [-0.15, -0.1) is 0 Å². The Morgan fingerprint density at radius 1 is 1.36 bits per heavy atom. The van der Waals surface area contributed by atoms with Gasteiger partial charge in [0.15, 0.2) is 0 Å². The molecule has 0 aliphatic heterocycles. The summed E-state index contributed by atoms with van der Waals surface area (Å²) in [5.41, 5.74) is -0.678. The number of aliphatic imine (C=N–C) groups is 1. The van der Waals surface area contributed by atoms with E-state index in [1.165, 1.54) is 13.2 Å². The lowest BCUT2D eigenvalue weighted by molar-refractivity contribution is -0.137. The first-order valence-electron chi connectivity index (χ1n) is 3.71. The number of hydrogen-bond donors (Lipinski definition) is 0. The van der Waals surface area contributed by atoms with Crippen LogP contribution in [0.4, 0.5) is 18.9 Å². The summed E-state index contributed by atoms with van der Waals surface area (Å²) >= 11 is 0. The normalized spacial score (nSPS) is 11.1. The molecule has 0 radical (unpaired) electrons. The summed E-state index contributed by atoms with van der Waals surface area (Å²) in [7, 11) is 1.36. The molecule has 0 aromatic heterocycles. The van der Waals surface area contributed by atoms with Crippen LogP contribution in [0, 0.1) is 0 Å². The molecule has 0 heterocycles. The van der Waals surface area contributed by atoms with Crippen molar-refractivity contribution < 1.29 is 17.9 Å². The van der Waals surface area contributed by atoms with Crippen LogP contribution in [-0.2, 0) is 6.18 Å². The van der Waals surface area contributed by atoms with Gasteiger partial charge in [-0.25, -0.2) is 0 Å². The summed E-state index contributed by atoms with van der Waals surface area (Å²) in [6, 6.07) is 3.05. The van der Waals surface area contributed by atoms with Crippen LogP contribution in [0.25, 0.3) is 0 Å². The van der Waals surface area contributed by atoms with E-state index in [2.05, 4.69) is 11.7 Å². The number of alkyl halides is 3. The number of rotatable bonds is 2. The quantitative estimate of drug-likeness (QED) is 0.677. The third-order valence-corrected chi connectivity index (χ3v) is 1.68. The maximum absolute atomic E-state index is 12.2. The van der Waals surface area contributed by atoms with Gasteiger partial charge >= 0.3 is 6.18 Å². The highest BCUT2D eigenvalue weighted by Gasteiger charge is 2.31. The Morgan fingerprint density at radius 3 is 2.43 bits per heavy atom. The van der Waals surface area contributed by atoms with E-state index >= 15 is 0 Å². The van der Waals surface area contributed by atoms with Crippen molar-refractivity contribution in [1.82, 2.24) is 0 Å².